The van der Waals surface area contributed by atoms with Gasteiger partial charge in [-0.2, -0.15) is 0 Å². The third-order valence-electron chi connectivity index (χ3n) is 8.34. The molecular weight excluding hydrogens is 524 g/mol. The van der Waals surface area contributed by atoms with Crippen molar-refractivity contribution in [1.29, 1.82) is 0 Å². The van der Waals surface area contributed by atoms with Crippen molar-refractivity contribution >= 4 is 11.9 Å². The Kier molecular flexibility index (Phi) is 15.1. The summed E-state index contributed by atoms with van der Waals surface area (Å²) in [6.07, 6.45) is 8.56. The molecule has 2 aromatic carbocycles. The minimum absolute atomic E-state index is 0.128. The Morgan fingerprint density at radius 1 is 0.524 bits per heavy atom. The Hall–Kier alpha value is -2.70. The minimum atomic E-state index is -0.128. The first-order chi connectivity index (χ1) is 20.3. The molecule has 6 rings (SSSR count). The Balaban J connectivity index is 1.56. The van der Waals surface area contributed by atoms with Crippen LogP contribution in [0, 0.1) is 11.8 Å². The first kappa shape index (κ1) is 33.8. The first-order valence-corrected chi connectivity index (χ1v) is 16.2. The van der Waals surface area contributed by atoms with Crippen molar-refractivity contribution in [3.05, 3.63) is 70.8 Å². The Morgan fingerprint density at radius 2 is 0.857 bits per heavy atom. The molecule has 0 saturated heterocycles. The highest BCUT2D eigenvalue weighted by atomic mass is 16.5. The average Bonchev–Trinajstić information content (AvgIpc) is 2.98. The molecule has 232 valence electrons. The van der Waals surface area contributed by atoms with Gasteiger partial charge >= 0.3 is 11.9 Å². The number of ether oxygens (including phenoxy) is 2. The summed E-state index contributed by atoms with van der Waals surface area (Å²) >= 11 is 0. The fourth-order valence-electron chi connectivity index (χ4n) is 5.21. The van der Waals surface area contributed by atoms with Gasteiger partial charge in [0.2, 0.25) is 0 Å². The van der Waals surface area contributed by atoms with Gasteiger partial charge in [-0.1, -0.05) is 76.2 Å². The monoisotopic (exact) mass is 578 g/mol. The van der Waals surface area contributed by atoms with Gasteiger partial charge < -0.3 is 20.1 Å². The molecule has 6 heteroatoms. The van der Waals surface area contributed by atoms with E-state index in [0.29, 0.717) is 50.7 Å². The van der Waals surface area contributed by atoms with Crippen molar-refractivity contribution in [3.8, 4) is 0 Å². The molecule has 2 atom stereocenters. The summed E-state index contributed by atoms with van der Waals surface area (Å²) in [6, 6.07) is 17.6. The molecular formula is C36H54N2O4. The van der Waals surface area contributed by atoms with Crippen molar-refractivity contribution in [3.63, 3.8) is 0 Å². The predicted molar refractivity (Wildman–Crippen MR) is 171 cm³/mol. The minimum Gasteiger partial charge on any atom is -0.464 e. The molecule has 0 unspecified atom stereocenters. The molecule has 4 bridgehead atoms. The van der Waals surface area contributed by atoms with Gasteiger partial charge in [0, 0.05) is 24.9 Å². The van der Waals surface area contributed by atoms with E-state index in [9.17, 15) is 9.59 Å². The zero-order chi connectivity index (χ0) is 30.2. The number of nitrogens with one attached hydrogen (secondary N) is 2. The summed E-state index contributed by atoms with van der Waals surface area (Å²) in [5.41, 5.74) is 4.96. The molecule has 4 aliphatic heterocycles. The molecule has 0 saturated carbocycles. The lowest BCUT2D eigenvalue weighted by Crippen LogP contribution is -2.39. The van der Waals surface area contributed by atoms with Crippen LogP contribution in [0.3, 0.4) is 0 Å². The lowest BCUT2D eigenvalue weighted by Gasteiger charge is -2.22. The van der Waals surface area contributed by atoms with Crippen molar-refractivity contribution in [2.75, 3.05) is 26.3 Å². The average molecular weight is 579 g/mol. The van der Waals surface area contributed by atoms with E-state index in [4.69, 9.17) is 9.47 Å². The Morgan fingerprint density at radius 3 is 1.19 bits per heavy atom. The molecule has 42 heavy (non-hydrogen) atoms. The summed E-state index contributed by atoms with van der Waals surface area (Å²) in [5.74, 6) is 0.515. The van der Waals surface area contributed by atoms with Crippen LogP contribution in [0.1, 0.15) is 88.5 Å². The van der Waals surface area contributed by atoms with Crippen LogP contribution in [0.25, 0.3) is 0 Å². The second-order valence-electron chi connectivity index (χ2n) is 12.5. The molecule has 4 heterocycles. The lowest BCUT2D eigenvalue weighted by atomic mass is 10.0. The van der Waals surface area contributed by atoms with Crippen LogP contribution in [-0.4, -0.2) is 50.3 Å². The zero-order valence-corrected chi connectivity index (χ0v) is 26.5. The van der Waals surface area contributed by atoms with E-state index < -0.39 is 0 Å². The van der Waals surface area contributed by atoms with Gasteiger partial charge in [0.15, 0.2) is 0 Å². The number of hydrogen-bond acceptors (Lipinski definition) is 6. The van der Waals surface area contributed by atoms with Crippen molar-refractivity contribution in [2.24, 2.45) is 11.8 Å². The van der Waals surface area contributed by atoms with Gasteiger partial charge in [-0.05, 0) is 98.5 Å². The van der Waals surface area contributed by atoms with Crippen LogP contribution in [0.4, 0.5) is 0 Å². The van der Waals surface area contributed by atoms with Crippen LogP contribution in [0.15, 0.2) is 48.5 Å². The third kappa shape index (κ3) is 13.1. The van der Waals surface area contributed by atoms with E-state index >= 15 is 0 Å². The van der Waals surface area contributed by atoms with E-state index in [1.54, 1.807) is 0 Å². The summed E-state index contributed by atoms with van der Waals surface area (Å²) in [4.78, 5) is 24.9. The molecule has 0 aliphatic carbocycles. The van der Waals surface area contributed by atoms with Crippen molar-refractivity contribution in [1.82, 2.24) is 10.6 Å². The standard InChI is InChI=1S/C36H54N2O4/c1-27(2)33-25-41-35(39)21-19-31-15-13-30(14-16-31)10-6-8-24-38-34(28(3)4)26-42-36(40)22-20-32-17-11-29(12-18-32)9-5-7-23-37-33/h11-18,27-28,33-34,37-38H,5-10,19-26H2,1-4H3/t33-,34-/m1/s1. The maximum absolute atomic E-state index is 12.5. The molecule has 6 nitrogen and oxygen atoms in total. The number of esters is 2. The number of aryl methyl sites for hydroxylation is 4. The summed E-state index contributed by atoms with van der Waals surface area (Å²) in [5, 5.41) is 7.19. The van der Waals surface area contributed by atoms with Crippen molar-refractivity contribution < 1.29 is 19.1 Å². The normalized spacial score (nSPS) is 21.7. The number of benzene rings is 2. The third-order valence-corrected chi connectivity index (χ3v) is 8.34. The summed E-state index contributed by atoms with van der Waals surface area (Å²) in [7, 11) is 0. The lowest BCUT2D eigenvalue weighted by molar-refractivity contribution is -0.145. The van der Waals surface area contributed by atoms with Crippen LogP contribution in [0.5, 0.6) is 0 Å². The second kappa shape index (κ2) is 18.8. The fourth-order valence-corrected chi connectivity index (χ4v) is 5.21. The highest BCUT2D eigenvalue weighted by Crippen LogP contribution is 2.13. The van der Waals surface area contributed by atoms with Crippen LogP contribution in [0.2, 0.25) is 0 Å². The highest BCUT2D eigenvalue weighted by molar-refractivity contribution is 5.70. The van der Waals surface area contributed by atoms with E-state index in [1.807, 2.05) is 0 Å². The van der Waals surface area contributed by atoms with Gasteiger partial charge in [-0.15, -0.1) is 0 Å². The number of rotatable bonds is 2. The quantitative estimate of drug-likeness (QED) is 0.412. The molecule has 0 aromatic heterocycles. The maximum Gasteiger partial charge on any atom is 0.306 e. The molecule has 4 aliphatic rings. The summed E-state index contributed by atoms with van der Waals surface area (Å²) in [6.45, 7) is 11.3. The predicted octanol–water partition coefficient (Wildman–Crippen LogP) is 6.23. The first-order valence-electron chi connectivity index (χ1n) is 16.2. The summed E-state index contributed by atoms with van der Waals surface area (Å²) < 4.78 is 11.3. The van der Waals surface area contributed by atoms with Gasteiger partial charge in [0.05, 0.1) is 0 Å². The number of hydrogen-bond donors (Lipinski definition) is 2. The zero-order valence-electron chi connectivity index (χ0n) is 26.5. The Labute approximate surface area is 254 Å². The molecule has 0 fully saturated rings. The van der Waals surface area contributed by atoms with Gasteiger partial charge in [-0.25, -0.2) is 0 Å². The van der Waals surface area contributed by atoms with Crippen LogP contribution >= 0.6 is 0 Å². The van der Waals surface area contributed by atoms with E-state index in [-0.39, 0.29) is 24.0 Å². The van der Waals surface area contributed by atoms with E-state index in [0.717, 1.165) is 51.6 Å². The van der Waals surface area contributed by atoms with Crippen LogP contribution in [-0.2, 0) is 44.7 Å². The van der Waals surface area contributed by atoms with Crippen molar-refractivity contribution in [2.45, 2.75) is 104 Å². The maximum atomic E-state index is 12.5. The molecule has 0 spiro atoms. The molecule has 2 N–H and O–H groups in total. The number of carbonyl (C=O) groups is 2. The van der Waals surface area contributed by atoms with E-state index in [2.05, 4.69) is 86.9 Å². The Bertz CT molecular complexity index is 964. The molecule has 2 aromatic rings. The van der Waals surface area contributed by atoms with E-state index in [1.165, 1.54) is 22.3 Å². The SMILES string of the molecule is CC(C)[C@H]1COC(=O)CCc2ccc(cc2)CCCCN[C@@H](C(C)C)COC(=O)CCc2ccc(cc2)CCCCN1. The largest absolute Gasteiger partial charge is 0.464 e. The molecule has 0 radical (unpaired) electrons. The number of carbonyl (C=O) groups excluding carboxylic acids is 2. The van der Waals surface area contributed by atoms with Gasteiger partial charge in [0.1, 0.15) is 13.2 Å². The highest BCUT2D eigenvalue weighted by Gasteiger charge is 2.17. The van der Waals surface area contributed by atoms with Crippen LogP contribution < -0.4 is 10.6 Å². The topological polar surface area (TPSA) is 76.7 Å². The molecule has 0 amide bonds. The second-order valence-corrected chi connectivity index (χ2v) is 12.5. The fraction of sp³-hybridized carbons (Fsp3) is 0.611. The smallest absolute Gasteiger partial charge is 0.306 e. The van der Waals surface area contributed by atoms with Gasteiger partial charge in [-0.3, -0.25) is 9.59 Å². The van der Waals surface area contributed by atoms with Gasteiger partial charge in [0.25, 0.3) is 0 Å².